The fraction of sp³-hybridized carbons (Fsp3) is 0.531. The van der Waals surface area contributed by atoms with Gasteiger partial charge in [0.1, 0.15) is 0 Å². The summed E-state index contributed by atoms with van der Waals surface area (Å²) >= 11 is 6.30. The number of aryl methyl sites for hydroxylation is 1. The number of rotatable bonds is 8. The van der Waals surface area contributed by atoms with Gasteiger partial charge in [-0.1, -0.05) is 11.6 Å². The lowest BCUT2D eigenvalue weighted by Gasteiger charge is -2.33. The summed E-state index contributed by atoms with van der Waals surface area (Å²) in [5.74, 6) is 3.30. The number of pyridine rings is 1. The summed E-state index contributed by atoms with van der Waals surface area (Å²) in [5.41, 5.74) is 7.91. The summed E-state index contributed by atoms with van der Waals surface area (Å²) in [7, 11) is 3.45. The molecule has 2 aliphatic carbocycles. The van der Waals surface area contributed by atoms with Crippen LogP contribution in [0, 0.1) is 11.8 Å². The SMILES string of the molecule is COc1cc2c(cc1OC)CC(CC1CCN(CCNc3c4c(nc5cc(Cl)ccc35)CCCC4)CC1)C2.Cl.Cl. The van der Waals surface area contributed by atoms with Gasteiger partial charge in [-0.05, 0) is 130 Å². The summed E-state index contributed by atoms with van der Waals surface area (Å²) in [6.07, 6.45) is 11.0. The largest absolute Gasteiger partial charge is 0.493 e. The van der Waals surface area contributed by atoms with Gasteiger partial charge < -0.3 is 19.7 Å². The standard InChI is InChI=1S/C32H40ClN3O2.2ClH/c1-37-30-18-23-16-22(17-24(23)19-31(30)38-2)15-21-9-12-36(13-10-21)14-11-34-32-26-5-3-4-6-28(26)35-29-20-25(33)7-8-27(29)32;;/h7-8,18-22H,3-6,9-17H2,1-2H3,(H,34,35);2*1H. The van der Waals surface area contributed by atoms with Crippen molar-refractivity contribution in [3.05, 3.63) is 57.7 Å². The highest BCUT2D eigenvalue weighted by Crippen LogP contribution is 2.40. The van der Waals surface area contributed by atoms with Gasteiger partial charge in [0.15, 0.2) is 11.5 Å². The number of benzene rings is 2. The predicted molar refractivity (Wildman–Crippen MR) is 171 cm³/mol. The first-order valence-electron chi connectivity index (χ1n) is 14.4. The highest BCUT2D eigenvalue weighted by atomic mass is 35.5. The minimum absolute atomic E-state index is 0. The van der Waals surface area contributed by atoms with Gasteiger partial charge in [-0.2, -0.15) is 0 Å². The number of hydrogen-bond acceptors (Lipinski definition) is 5. The molecule has 5 nitrogen and oxygen atoms in total. The van der Waals surface area contributed by atoms with E-state index in [-0.39, 0.29) is 24.8 Å². The van der Waals surface area contributed by atoms with Crippen molar-refractivity contribution < 1.29 is 9.47 Å². The topological polar surface area (TPSA) is 46.6 Å². The molecule has 0 radical (unpaired) electrons. The number of halogens is 3. The van der Waals surface area contributed by atoms with Crippen molar-refractivity contribution >= 4 is 53.0 Å². The van der Waals surface area contributed by atoms with E-state index < -0.39 is 0 Å². The minimum atomic E-state index is 0. The first-order chi connectivity index (χ1) is 18.6. The second-order valence-corrected chi connectivity index (χ2v) is 11.9. The van der Waals surface area contributed by atoms with Crippen LogP contribution in [0.25, 0.3) is 10.9 Å². The number of ether oxygens (including phenoxy) is 2. The second kappa shape index (κ2) is 13.8. The molecule has 218 valence electrons. The molecule has 0 unspecified atom stereocenters. The van der Waals surface area contributed by atoms with Crippen LogP contribution in [0.5, 0.6) is 11.5 Å². The molecule has 1 aliphatic heterocycles. The molecule has 6 rings (SSSR count). The van der Waals surface area contributed by atoms with Crippen molar-refractivity contribution in [2.75, 3.05) is 45.7 Å². The predicted octanol–water partition coefficient (Wildman–Crippen LogP) is 7.56. The van der Waals surface area contributed by atoms with E-state index >= 15 is 0 Å². The van der Waals surface area contributed by atoms with Crippen molar-refractivity contribution in [2.24, 2.45) is 11.8 Å². The summed E-state index contributed by atoms with van der Waals surface area (Å²) < 4.78 is 11.1. The van der Waals surface area contributed by atoms with Gasteiger partial charge in [0.25, 0.3) is 0 Å². The zero-order valence-corrected chi connectivity index (χ0v) is 26.0. The maximum absolute atomic E-state index is 6.30. The Morgan fingerprint density at radius 1 is 0.925 bits per heavy atom. The van der Waals surface area contributed by atoms with E-state index in [0.29, 0.717) is 0 Å². The number of nitrogens with zero attached hydrogens (tertiary/aromatic N) is 2. The average molecular weight is 607 g/mol. The van der Waals surface area contributed by atoms with Gasteiger partial charge in [-0.3, -0.25) is 4.98 Å². The van der Waals surface area contributed by atoms with Gasteiger partial charge in [-0.15, -0.1) is 24.8 Å². The molecule has 1 N–H and O–H groups in total. The molecule has 3 aromatic rings. The Morgan fingerprint density at radius 2 is 1.60 bits per heavy atom. The third-order valence-corrected chi connectivity index (χ3v) is 9.29. The Kier molecular flexibility index (Phi) is 10.7. The molecule has 3 aliphatic rings. The van der Waals surface area contributed by atoms with Crippen molar-refractivity contribution in [3.63, 3.8) is 0 Å². The number of hydrogen-bond donors (Lipinski definition) is 1. The van der Waals surface area contributed by atoms with Gasteiger partial charge in [0, 0.05) is 34.9 Å². The quantitative estimate of drug-likeness (QED) is 0.287. The molecule has 0 bridgehead atoms. The summed E-state index contributed by atoms with van der Waals surface area (Å²) in [4.78, 5) is 7.62. The first-order valence-corrected chi connectivity index (χ1v) is 14.8. The number of methoxy groups -OCH3 is 2. The molecular weight excluding hydrogens is 565 g/mol. The third-order valence-electron chi connectivity index (χ3n) is 9.05. The molecule has 0 amide bonds. The van der Waals surface area contributed by atoms with E-state index in [1.165, 1.54) is 91.5 Å². The second-order valence-electron chi connectivity index (χ2n) is 11.5. The lowest BCUT2D eigenvalue weighted by Crippen LogP contribution is -2.37. The Bertz CT molecular complexity index is 1280. The molecule has 8 heteroatoms. The highest BCUT2D eigenvalue weighted by Gasteiger charge is 2.28. The molecule has 1 fully saturated rings. The van der Waals surface area contributed by atoms with Crippen LogP contribution in [0.4, 0.5) is 5.69 Å². The number of anilines is 1. The fourth-order valence-corrected chi connectivity index (χ4v) is 7.23. The van der Waals surface area contributed by atoms with Crippen molar-refractivity contribution in [1.82, 2.24) is 9.88 Å². The average Bonchev–Trinajstić information content (AvgIpc) is 3.33. The van der Waals surface area contributed by atoms with Crippen LogP contribution in [0.1, 0.15) is 54.5 Å². The molecule has 1 aromatic heterocycles. The molecule has 0 spiro atoms. The van der Waals surface area contributed by atoms with E-state index in [0.717, 1.165) is 59.8 Å². The van der Waals surface area contributed by atoms with E-state index in [9.17, 15) is 0 Å². The van der Waals surface area contributed by atoms with E-state index in [1.54, 1.807) is 14.2 Å². The van der Waals surface area contributed by atoms with Crippen molar-refractivity contribution in [2.45, 2.75) is 57.8 Å². The monoisotopic (exact) mass is 605 g/mol. The normalized spacial score (nSPS) is 17.5. The first kappa shape index (κ1) is 31.0. The Hall–Kier alpha value is -1.92. The van der Waals surface area contributed by atoms with Crippen LogP contribution >= 0.6 is 36.4 Å². The van der Waals surface area contributed by atoms with E-state index in [2.05, 4.69) is 28.4 Å². The molecule has 2 aromatic carbocycles. The van der Waals surface area contributed by atoms with Gasteiger partial charge in [0.05, 0.1) is 19.7 Å². The summed E-state index contributed by atoms with van der Waals surface area (Å²) in [6.45, 7) is 4.48. The third kappa shape index (κ3) is 6.59. The number of aromatic nitrogens is 1. The number of fused-ring (bicyclic) bond motifs is 3. The Morgan fingerprint density at radius 3 is 2.27 bits per heavy atom. The number of piperidine rings is 1. The van der Waals surface area contributed by atoms with Crippen LogP contribution in [0.2, 0.25) is 5.02 Å². The van der Waals surface area contributed by atoms with Gasteiger partial charge in [-0.25, -0.2) is 0 Å². The molecule has 1 saturated heterocycles. The van der Waals surface area contributed by atoms with E-state index in [4.69, 9.17) is 26.1 Å². The number of nitrogens with one attached hydrogen (secondary N) is 1. The zero-order valence-electron chi connectivity index (χ0n) is 23.6. The zero-order chi connectivity index (χ0) is 26.1. The summed E-state index contributed by atoms with van der Waals surface area (Å²) in [5, 5.41) is 5.81. The fourth-order valence-electron chi connectivity index (χ4n) is 7.06. The molecule has 0 atom stereocenters. The Labute approximate surface area is 256 Å². The van der Waals surface area contributed by atoms with E-state index in [1.807, 2.05) is 12.1 Å². The van der Waals surface area contributed by atoms with Crippen LogP contribution < -0.4 is 14.8 Å². The highest BCUT2D eigenvalue weighted by molar-refractivity contribution is 6.31. The number of likely N-dealkylation sites (tertiary alicyclic amines) is 1. The van der Waals surface area contributed by atoms with Crippen LogP contribution in [-0.2, 0) is 25.7 Å². The van der Waals surface area contributed by atoms with Crippen molar-refractivity contribution in [1.29, 1.82) is 0 Å². The molecular formula is C32H42Cl3N3O2. The van der Waals surface area contributed by atoms with Crippen LogP contribution in [-0.4, -0.2) is 50.3 Å². The summed E-state index contributed by atoms with van der Waals surface area (Å²) in [6, 6.07) is 10.5. The molecule has 0 saturated carbocycles. The van der Waals surface area contributed by atoms with Gasteiger partial charge in [0.2, 0.25) is 0 Å². The maximum Gasteiger partial charge on any atom is 0.161 e. The maximum atomic E-state index is 6.30. The smallest absolute Gasteiger partial charge is 0.161 e. The molecule has 40 heavy (non-hydrogen) atoms. The molecule has 2 heterocycles. The minimum Gasteiger partial charge on any atom is -0.493 e. The lowest BCUT2D eigenvalue weighted by atomic mass is 9.86. The van der Waals surface area contributed by atoms with Crippen molar-refractivity contribution in [3.8, 4) is 11.5 Å². The Balaban J connectivity index is 0.00000185. The van der Waals surface area contributed by atoms with Gasteiger partial charge >= 0.3 is 0 Å². The lowest BCUT2D eigenvalue weighted by molar-refractivity contribution is 0.172. The van der Waals surface area contributed by atoms with Crippen LogP contribution in [0.15, 0.2) is 30.3 Å². The van der Waals surface area contributed by atoms with Crippen LogP contribution in [0.3, 0.4) is 0 Å².